The van der Waals surface area contributed by atoms with Crippen molar-refractivity contribution in [3.63, 3.8) is 0 Å². The molecule has 2 heteroatoms. The monoisotopic (exact) mass is 269 g/mol. The second-order valence-electron chi connectivity index (χ2n) is 6.29. The fourth-order valence-corrected chi connectivity index (χ4v) is 3.32. The van der Waals surface area contributed by atoms with Gasteiger partial charge in [-0.3, -0.25) is 0 Å². The van der Waals surface area contributed by atoms with Crippen molar-refractivity contribution >= 4 is 16.5 Å². The minimum Gasteiger partial charge on any atom is -0.507 e. The summed E-state index contributed by atoms with van der Waals surface area (Å²) in [6.07, 6.45) is 3.77. The SMILES string of the molecule is CC1CCC(Nc2cccc3c(O)cccc23)CC1C. The second kappa shape index (κ2) is 5.35. The highest BCUT2D eigenvalue weighted by Gasteiger charge is 2.24. The minimum absolute atomic E-state index is 0.358. The lowest BCUT2D eigenvalue weighted by Gasteiger charge is -2.33. The smallest absolute Gasteiger partial charge is 0.123 e. The average Bonchev–Trinajstić information content (AvgIpc) is 2.44. The first-order valence-electron chi connectivity index (χ1n) is 7.62. The van der Waals surface area contributed by atoms with Gasteiger partial charge < -0.3 is 10.4 Å². The molecule has 1 aliphatic carbocycles. The maximum absolute atomic E-state index is 9.95. The molecule has 2 N–H and O–H groups in total. The summed E-state index contributed by atoms with van der Waals surface area (Å²) in [6, 6.07) is 12.4. The molecule has 0 heterocycles. The van der Waals surface area contributed by atoms with E-state index < -0.39 is 0 Å². The van der Waals surface area contributed by atoms with Crippen LogP contribution in [0.15, 0.2) is 36.4 Å². The molecule has 2 aromatic carbocycles. The Balaban J connectivity index is 1.86. The number of phenols is 1. The largest absolute Gasteiger partial charge is 0.507 e. The van der Waals surface area contributed by atoms with Gasteiger partial charge in [-0.2, -0.15) is 0 Å². The van der Waals surface area contributed by atoms with E-state index in [2.05, 4.69) is 31.3 Å². The van der Waals surface area contributed by atoms with Crippen LogP contribution in [0.3, 0.4) is 0 Å². The molecule has 1 saturated carbocycles. The number of hydrogen-bond donors (Lipinski definition) is 2. The maximum Gasteiger partial charge on any atom is 0.123 e. The van der Waals surface area contributed by atoms with E-state index in [1.54, 1.807) is 6.07 Å². The van der Waals surface area contributed by atoms with Crippen LogP contribution in [0.25, 0.3) is 10.8 Å². The van der Waals surface area contributed by atoms with Gasteiger partial charge >= 0.3 is 0 Å². The molecule has 3 unspecified atom stereocenters. The summed E-state index contributed by atoms with van der Waals surface area (Å²) < 4.78 is 0. The van der Waals surface area contributed by atoms with Crippen LogP contribution in [0.5, 0.6) is 5.75 Å². The molecule has 0 saturated heterocycles. The van der Waals surface area contributed by atoms with Crippen LogP contribution < -0.4 is 5.32 Å². The Morgan fingerprint density at radius 3 is 2.50 bits per heavy atom. The number of nitrogens with one attached hydrogen (secondary N) is 1. The maximum atomic E-state index is 9.95. The highest BCUT2D eigenvalue weighted by atomic mass is 16.3. The lowest BCUT2D eigenvalue weighted by atomic mass is 9.79. The van der Waals surface area contributed by atoms with E-state index >= 15 is 0 Å². The van der Waals surface area contributed by atoms with Gasteiger partial charge in [0.15, 0.2) is 0 Å². The quantitative estimate of drug-likeness (QED) is 0.822. The molecular formula is C18H23NO. The van der Waals surface area contributed by atoms with Crippen molar-refractivity contribution in [3.05, 3.63) is 36.4 Å². The van der Waals surface area contributed by atoms with Gasteiger partial charge in [0.2, 0.25) is 0 Å². The summed E-state index contributed by atoms with van der Waals surface area (Å²) in [4.78, 5) is 0. The number of aromatic hydroxyl groups is 1. The highest BCUT2D eigenvalue weighted by Crippen LogP contribution is 2.34. The molecule has 0 amide bonds. The van der Waals surface area contributed by atoms with Crippen molar-refractivity contribution < 1.29 is 5.11 Å². The molecule has 2 nitrogen and oxygen atoms in total. The lowest BCUT2D eigenvalue weighted by molar-refractivity contribution is 0.261. The van der Waals surface area contributed by atoms with Crippen molar-refractivity contribution in [1.82, 2.24) is 0 Å². The second-order valence-corrected chi connectivity index (χ2v) is 6.29. The Bertz CT molecular complexity index is 607. The summed E-state index contributed by atoms with van der Waals surface area (Å²) in [5.41, 5.74) is 1.14. The third-order valence-electron chi connectivity index (χ3n) is 4.86. The zero-order chi connectivity index (χ0) is 14.1. The van der Waals surface area contributed by atoms with E-state index in [0.29, 0.717) is 11.8 Å². The van der Waals surface area contributed by atoms with Crippen LogP contribution in [0.2, 0.25) is 0 Å². The molecule has 0 aromatic heterocycles. The third-order valence-corrected chi connectivity index (χ3v) is 4.86. The number of anilines is 1. The molecule has 1 fully saturated rings. The number of phenolic OH excluding ortho intramolecular Hbond substituents is 1. The van der Waals surface area contributed by atoms with Gasteiger partial charge in [0.25, 0.3) is 0 Å². The van der Waals surface area contributed by atoms with Crippen molar-refractivity contribution in [2.45, 2.75) is 39.2 Å². The Morgan fingerprint density at radius 2 is 1.70 bits per heavy atom. The highest BCUT2D eigenvalue weighted by molar-refractivity contribution is 5.97. The fourth-order valence-electron chi connectivity index (χ4n) is 3.32. The van der Waals surface area contributed by atoms with Gasteiger partial charge in [-0.15, -0.1) is 0 Å². The van der Waals surface area contributed by atoms with Gasteiger partial charge in [0.05, 0.1) is 0 Å². The summed E-state index contributed by atoms with van der Waals surface area (Å²) in [7, 11) is 0. The van der Waals surface area contributed by atoms with Crippen LogP contribution in [0.1, 0.15) is 33.1 Å². The van der Waals surface area contributed by atoms with Gasteiger partial charge in [-0.1, -0.05) is 38.1 Å². The predicted octanol–water partition coefficient (Wildman–Crippen LogP) is 4.78. The standard InChI is InChI=1S/C18H23NO/c1-12-9-10-14(11-13(12)2)19-17-7-3-6-16-15(17)5-4-8-18(16)20/h3-8,12-14,19-20H,9-11H2,1-2H3. The van der Waals surface area contributed by atoms with E-state index in [1.165, 1.54) is 19.3 Å². The molecule has 106 valence electrons. The molecule has 0 aliphatic heterocycles. The summed E-state index contributed by atoms with van der Waals surface area (Å²) in [6.45, 7) is 4.71. The first-order chi connectivity index (χ1) is 9.65. The Morgan fingerprint density at radius 1 is 0.950 bits per heavy atom. The molecular weight excluding hydrogens is 246 g/mol. The van der Waals surface area contributed by atoms with Crippen LogP contribution in [0.4, 0.5) is 5.69 Å². The Hall–Kier alpha value is -1.70. The molecule has 0 radical (unpaired) electrons. The molecule has 0 bridgehead atoms. The molecule has 3 atom stereocenters. The van der Waals surface area contributed by atoms with Crippen LogP contribution >= 0.6 is 0 Å². The third kappa shape index (κ3) is 2.47. The lowest BCUT2D eigenvalue weighted by Crippen LogP contribution is -2.30. The van der Waals surface area contributed by atoms with Gasteiger partial charge in [-0.05, 0) is 43.2 Å². The van der Waals surface area contributed by atoms with Crippen molar-refractivity contribution in [2.24, 2.45) is 11.8 Å². The molecule has 3 rings (SSSR count). The van der Waals surface area contributed by atoms with Crippen LogP contribution in [-0.4, -0.2) is 11.1 Å². The normalized spacial score (nSPS) is 26.6. The first-order valence-corrected chi connectivity index (χ1v) is 7.62. The summed E-state index contributed by atoms with van der Waals surface area (Å²) in [5.74, 6) is 1.98. The van der Waals surface area contributed by atoms with E-state index in [-0.39, 0.29) is 0 Å². The van der Waals surface area contributed by atoms with E-state index in [9.17, 15) is 5.11 Å². The average molecular weight is 269 g/mol. The number of hydrogen-bond acceptors (Lipinski definition) is 2. The van der Waals surface area contributed by atoms with Crippen LogP contribution in [0, 0.1) is 11.8 Å². The first kappa shape index (κ1) is 13.3. The van der Waals surface area contributed by atoms with Crippen molar-refractivity contribution in [2.75, 3.05) is 5.32 Å². The van der Waals surface area contributed by atoms with Crippen molar-refractivity contribution in [3.8, 4) is 5.75 Å². The zero-order valence-electron chi connectivity index (χ0n) is 12.3. The zero-order valence-corrected chi connectivity index (χ0v) is 12.3. The van der Waals surface area contributed by atoms with E-state index in [4.69, 9.17) is 0 Å². The minimum atomic E-state index is 0.358. The summed E-state index contributed by atoms with van der Waals surface area (Å²) >= 11 is 0. The van der Waals surface area contributed by atoms with Gasteiger partial charge in [-0.25, -0.2) is 0 Å². The number of rotatable bonds is 2. The molecule has 0 spiro atoms. The number of benzene rings is 2. The van der Waals surface area contributed by atoms with E-state index in [1.807, 2.05) is 18.2 Å². The number of fused-ring (bicyclic) bond motifs is 1. The van der Waals surface area contributed by atoms with Gasteiger partial charge in [0.1, 0.15) is 5.75 Å². The Labute approximate surface area is 120 Å². The van der Waals surface area contributed by atoms with Gasteiger partial charge in [0, 0.05) is 22.5 Å². The molecule has 1 aliphatic rings. The molecule has 2 aromatic rings. The topological polar surface area (TPSA) is 32.3 Å². The Kier molecular flexibility index (Phi) is 3.56. The predicted molar refractivity (Wildman–Crippen MR) is 85.2 cm³/mol. The van der Waals surface area contributed by atoms with Crippen LogP contribution in [-0.2, 0) is 0 Å². The van der Waals surface area contributed by atoms with E-state index in [0.717, 1.165) is 28.3 Å². The molecule has 20 heavy (non-hydrogen) atoms. The summed E-state index contributed by atoms with van der Waals surface area (Å²) in [5, 5.41) is 15.7. The fraction of sp³-hybridized carbons (Fsp3) is 0.444. The van der Waals surface area contributed by atoms with Crippen molar-refractivity contribution in [1.29, 1.82) is 0 Å².